The Bertz CT molecular complexity index is 3020. The molecule has 0 unspecified atom stereocenters. The van der Waals surface area contributed by atoms with Crippen LogP contribution in [-0.4, -0.2) is 6.71 Å². The number of hydrogen-bond acceptors (Lipinski definition) is 3. The van der Waals surface area contributed by atoms with Gasteiger partial charge in [0.15, 0.2) is 0 Å². The summed E-state index contributed by atoms with van der Waals surface area (Å²) in [6, 6.07) is 68.4. The molecule has 0 fully saturated rings. The Hall–Kier alpha value is -6.78. The molecule has 0 radical (unpaired) electrons. The lowest BCUT2D eigenvalue weighted by Gasteiger charge is -2.45. The topological polar surface area (TPSA) is 9.72 Å². The van der Waals surface area contributed by atoms with Crippen molar-refractivity contribution < 1.29 is 0 Å². The predicted molar refractivity (Wildman–Crippen MR) is 270 cm³/mol. The van der Waals surface area contributed by atoms with E-state index < -0.39 is 0 Å². The van der Waals surface area contributed by atoms with Gasteiger partial charge in [0, 0.05) is 56.5 Å². The van der Waals surface area contributed by atoms with E-state index in [4.69, 9.17) is 0 Å². The van der Waals surface area contributed by atoms with Crippen molar-refractivity contribution in [2.75, 3.05) is 14.7 Å². The Labute approximate surface area is 374 Å². The molecule has 3 aliphatic rings. The molecule has 0 aromatic heterocycles. The Morgan fingerprint density at radius 1 is 0.429 bits per heavy atom. The fourth-order valence-electron chi connectivity index (χ4n) is 10.7. The second-order valence-corrected chi connectivity index (χ2v) is 20.3. The minimum Gasteiger partial charge on any atom is -0.311 e. The molecule has 2 aliphatic heterocycles. The van der Waals surface area contributed by atoms with Crippen molar-refractivity contribution in [3.05, 3.63) is 204 Å². The molecule has 8 aromatic rings. The largest absolute Gasteiger partial charge is 0.311 e. The van der Waals surface area contributed by atoms with Crippen LogP contribution >= 0.6 is 0 Å². The summed E-state index contributed by atoms with van der Waals surface area (Å²) >= 11 is 0. The molecule has 63 heavy (non-hydrogen) atoms. The molecule has 0 spiro atoms. The number of fused-ring (bicyclic) bond motifs is 7. The summed E-state index contributed by atoms with van der Waals surface area (Å²) in [5, 5.41) is 0. The molecule has 0 saturated carbocycles. The van der Waals surface area contributed by atoms with E-state index in [1.54, 1.807) is 0 Å². The molecule has 11 rings (SSSR count). The van der Waals surface area contributed by atoms with E-state index in [1.807, 2.05) is 0 Å². The van der Waals surface area contributed by atoms with E-state index in [0.29, 0.717) is 0 Å². The Kier molecular flexibility index (Phi) is 8.77. The number of nitrogens with zero attached hydrogens (tertiary/aromatic N) is 3. The van der Waals surface area contributed by atoms with Gasteiger partial charge in [-0.3, -0.25) is 0 Å². The van der Waals surface area contributed by atoms with Crippen molar-refractivity contribution in [1.29, 1.82) is 0 Å². The van der Waals surface area contributed by atoms with Crippen LogP contribution in [-0.2, 0) is 16.2 Å². The lowest BCUT2D eigenvalue weighted by atomic mass is 9.33. The summed E-state index contributed by atoms with van der Waals surface area (Å²) in [5.41, 5.74) is 22.5. The third kappa shape index (κ3) is 6.09. The predicted octanol–water partition coefficient (Wildman–Crippen LogP) is 14.1. The Morgan fingerprint density at radius 3 is 1.67 bits per heavy atom. The lowest BCUT2D eigenvalue weighted by molar-refractivity contribution is 0.590. The number of hydrogen-bond donors (Lipinski definition) is 0. The zero-order valence-electron chi connectivity index (χ0n) is 37.7. The van der Waals surface area contributed by atoms with E-state index in [1.165, 1.54) is 83.9 Å². The van der Waals surface area contributed by atoms with Gasteiger partial charge in [0.05, 0.1) is 5.69 Å². The number of para-hydroxylation sites is 2. The summed E-state index contributed by atoms with van der Waals surface area (Å²) in [6.45, 7) is 18.6. The van der Waals surface area contributed by atoms with Crippen molar-refractivity contribution in [3.63, 3.8) is 0 Å². The number of rotatable bonds is 5. The Morgan fingerprint density at radius 2 is 1.00 bits per heavy atom. The smallest absolute Gasteiger partial charge is 0.252 e. The van der Waals surface area contributed by atoms with Gasteiger partial charge in [-0.1, -0.05) is 165 Å². The van der Waals surface area contributed by atoms with Crippen molar-refractivity contribution in [2.45, 2.75) is 71.6 Å². The van der Waals surface area contributed by atoms with Gasteiger partial charge in [-0.2, -0.15) is 0 Å². The molecule has 0 amide bonds. The summed E-state index contributed by atoms with van der Waals surface area (Å²) in [4.78, 5) is 7.54. The maximum atomic E-state index is 2.61. The highest BCUT2D eigenvalue weighted by molar-refractivity contribution is 7.00. The zero-order chi connectivity index (χ0) is 43.4. The number of anilines is 9. The molecule has 0 N–H and O–H groups in total. The summed E-state index contributed by atoms with van der Waals surface area (Å²) < 4.78 is 0. The monoisotopic (exact) mass is 815 g/mol. The second kappa shape index (κ2) is 14.1. The van der Waals surface area contributed by atoms with Gasteiger partial charge in [-0.25, -0.2) is 0 Å². The molecule has 1 aliphatic carbocycles. The summed E-state index contributed by atoms with van der Waals surface area (Å²) in [6.07, 6.45) is 0. The van der Waals surface area contributed by atoms with E-state index in [9.17, 15) is 0 Å². The molecule has 2 heterocycles. The van der Waals surface area contributed by atoms with Gasteiger partial charge in [0.25, 0.3) is 6.71 Å². The standard InChI is InChI=1S/C59H54BN3/c1-57(2,3)39-29-32-43(33-30-39)62-50-36-31-40(58(4,5)6)37-49(50)60-48-35-34-44(61(41-19-11-9-12-20-41)42-21-13-10-14-22-42)38-54(48)63(53-28-18-27-52(62)56(53)60)51-26-17-25-47-55(51)45-23-15-16-24-46(45)59(47,7)8/h9-38H,1-8H3. The minimum absolute atomic E-state index is 0.00119. The first-order valence-electron chi connectivity index (χ1n) is 22.6. The van der Waals surface area contributed by atoms with Crippen molar-refractivity contribution in [3.8, 4) is 11.1 Å². The second-order valence-electron chi connectivity index (χ2n) is 20.3. The third-order valence-electron chi connectivity index (χ3n) is 13.9. The number of benzene rings is 8. The highest BCUT2D eigenvalue weighted by Gasteiger charge is 2.45. The van der Waals surface area contributed by atoms with Gasteiger partial charge < -0.3 is 14.7 Å². The maximum absolute atomic E-state index is 2.61. The van der Waals surface area contributed by atoms with Crippen LogP contribution in [0.1, 0.15) is 77.6 Å². The normalized spacial score (nSPS) is 14.4. The summed E-state index contributed by atoms with van der Waals surface area (Å²) in [7, 11) is 0. The highest BCUT2D eigenvalue weighted by Crippen LogP contribution is 2.55. The van der Waals surface area contributed by atoms with Crippen LogP contribution in [0.2, 0.25) is 0 Å². The molecule has 0 saturated heterocycles. The van der Waals surface area contributed by atoms with E-state index in [-0.39, 0.29) is 23.0 Å². The van der Waals surface area contributed by atoms with E-state index >= 15 is 0 Å². The SMILES string of the molecule is CC(C)(C)c1ccc(N2c3ccc(C(C)(C)C)cc3B3c4ccc(N(c5ccccc5)c5ccccc5)cc4N(c4cccc5c4-c4ccccc4C5(C)C)c4cccc2c43)cc1. The van der Waals surface area contributed by atoms with Gasteiger partial charge in [0.2, 0.25) is 0 Å². The first-order valence-corrected chi connectivity index (χ1v) is 22.6. The molecule has 0 bridgehead atoms. The van der Waals surface area contributed by atoms with Crippen LogP contribution in [0.4, 0.5) is 51.2 Å². The fraction of sp³-hybridized carbons (Fsp3) is 0.186. The van der Waals surface area contributed by atoms with Gasteiger partial charge in [-0.15, -0.1) is 0 Å². The van der Waals surface area contributed by atoms with E-state index in [2.05, 4.69) is 252 Å². The van der Waals surface area contributed by atoms with Crippen LogP contribution in [0.25, 0.3) is 11.1 Å². The van der Waals surface area contributed by atoms with Gasteiger partial charge in [0.1, 0.15) is 0 Å². The quantitative estimate of drug-likeness (QED) is 0.160. The fourth-order valence-corrected chi connectivity index (χ4v) is 10.7. The lowest BCUT2D eigenvalue weighted by Crippen LogP contribution is -2.61. The van der Waals surface area contributed by atoms with Crippen molar-refractivity contribution in [2.24, 2.45) is 0 Å². The third-order valence-corrected chi connectivity index (χ3v) is 13.9. The van der Waals surface area contributed by atoms with Gasteiger partial charge >= 0.3 is 0 Å². The maximum Gasteiger partial charge on any atom is 0.252 e. The molecule has 3 nitrogen and oxygen atoms in total. The molecule has 8 aromatic carbocycles. The van der Waals surface area contributed by atoms with Crippen LogP contribution < -0.4 is 31.1 Å². The zero-order valence-corrected chi connectivity index (χ0v) is 37.7. The molecule has 0 atom stereocenters. The van der Waals surface area contributed by atoms with Crippen LogP contribution in [0.15, 0.2) is 182 Å². The van der Waals surface area contributed by atoms with Crippen LogP contribution in [0, 0.1) is 0 Å². The molecule has 308 valence electrons. The molecular formula is C59H54BN3. The van der Waals surface area contributed by atoms with Crippen molar-refractivity contribution >= 4 is 74.3 Å². The first kappa shape index (κ1) is 39.1. The highest BCUT2D eigenvalue weighted by atomic mass is 15.2. The van der Waals surface area contributed by atoms with Gasteiger partial charge in [-0.05, 0) is 128 Å². The van der Waals surface area contributed by atoms with Crippen LogP contribution in [0.3, 0.4) is 0 Å². The molecule has 4 heteroatoms. The van der Waals surface area contributed by atoms with Crippen molar-refractivity contribution in [1.82, 2.24) is 0 Å². The first-order chi connectivity index (χ1) is 30.3. The minimum atomic E-state index is -0.142. The van der Waals surface area contributed by atoms with Crippen LogP contribution in [0.5, 0.6) is 0 Å². The molecular weight excluding hydrogens is 761 g/mol. The summed E-state index contributed by atoms with van der Waals surface area (Å²) in [5.74, 6) is 0. The average molecular weight is 816 g/mol. The van der Waals surface area contributed by atoms with E-state index in [0.717, 1.165) is 17.1 Å². The average Bonchev–Trinajstić information content (AvgIpc) is 3.52. The Balaban J connectivity index is 1.22.